The summed E-state index contributed by atoms with van der Waals surface area (Å²) in [5.41, 5.74) is 5.53. The topological polar surface area (TPSA) is 36.7 Å². The minimum absolute atomic E-state index is 0.379. The molecule has 16 heavy (non-hydrogen) atoms. The van der Waals surface area contributed by atoms with E-state index in [-0.39, 0.29) is 0 Å². The molecule has 0 fully saturated rings. The summed E-state index contributed by atoms with van der Waals surface area (Å²) in [5.74, 6) is 0. The quantitative estimate of drug-likeness (QED) is 0.724. The van der Waals surface area contributed by atoms with Crippen LogP contribution in [0.3, 0.4) is 0 Å². The molecule has 0 spiro atoms. The Morgan fingerprint density at radius 2 is 1.81 bits per heavy atom. The van der Waals surface area contributed by atoms with Gasteiger partial charge in [0.25, 0.3) is 0 Å². The van der Waals surface area contributed by atoms with Crippen LogP contribution in [0.4, 0.5) is 0 Å². The molecular formula is C14H14N2. The lowest BCUT2D eigenvalue weighted by atomic mass is 10.0. The van der Waals surface area contributed by atoms with Gasteiger partial charge in [0.1, 0.15) is 0 Å². The Morgan fingerprint density at radius 3 is 2.50 bits per heavy atom. The summed E-state index contributed by atoms with van der Waals surface area (Å²) in [6.07, 6.45) is 0.379. The summed E-state index contributed by atoms with van der Waals surface area (Å²) >= 11 is 0. The van der Waals surface area contributed by atoms with Crippen LogP contribution in [-0.2, 0) is 6.42 Å². The van der Waals surface area contributed by atoms with Crippen LogP contribution in [0.2, 0.25) is 0 Å². The molecule has 0 radical (unpaired) electrons. The number of aromatic nitrogens is 1. The predicted molar refractivity (Wildman–Crippen MR) is 65.3 cm³/mol. The van der Waals surface area contributed by atoms with E-state index in [1.54, 1.807) is 0 Å². The highest BCUT2D eigenvalue weighted by Gasteiger charge is 2.05. The van der Waals surface area contributed by atoms with E-state index in [4.69, 9.17) is 5.26 Å². The van der Waals surface area contributed by atoms with Crippen LogP contribution in [0.1, 0.15) is 22.4 Å². The van der Waals surface area contributed by atoms with Gasteiger partial charge < -0.3 is 0 Å². The van der Waals surface area contributed by atoms with Crippen molar-refractivity contribution in [3.05, 3.63) is 40.6 Å². The Kier molecular flexibility index (Phi) is 2.62. The highest BCUT2D eigenvalue weighted by molar-refractivity contribution is 5.86. The van der Waals surface area contributed by atoms with Crippen molar-refractivity contribution >= 4 is 10.9 Å². The molecule has 2 heteroatoms. The molecule has 2 rings (SSSR count). The van der Waals surface area contributed by atoms with E-state index >= 15 is 0 Å². The van der Waals surface area contributed by atoms with Gasteiger partial charge in [-0.1, -0.05) is 6.07 Å². The number of hydrogen-bond acceptors (Lipinski definition) is 2. The second-order valence-electron chi connectivity index (χ2n) is 4.24. The molecule has 0 amide bonds. The molecule has 0 saturated carbocycles. The summed E-state index contributed by atoms with van der Waals surface area (Å²) in [5, 5.41) is 9.92. The first-order valence-corrected chi connectivity index (χ1v) is 5.36. The van der Waals surface area contributed by atoms with E-state index in [1.807, 2.05) is 6.07 Å². The number of nitrogens with zero attached hydrogens (tertiary/aromatic N) is 2. The molecule has 0 bridgehead atoms. The van der Waals surface area contributed by atoms with Crippen molar-refractivity contribution in [3.63, 3.8) is 0 Å². The number of hydrogen-bond donors (Lipinski definition) is 0. The molecule has 0 unspecified atom stereocenters. The van der Waals surface area contributed by atoms with Crippen LogP contribution in [0.5, 0.6) is 0 Å². The van der Waals surface area contributed by atoms with Gasteiger partial charge in [-0.15, -0.1) is 0 Å². The van der Waals surface area contributed by atoms with Gasteiger partial charge in [0.2, 0.25) is 0 Å². The van der Waals surface area contributed by atoms with E-state index in [0.29, 0.717) is 6.42 Å². The first kappa shape index (κ1) is 10.6. The molecule has 0 aliphatic heterocycles. The molecular weight excluding hydrogens is 196 g/mol. The van der Waals surface area contributed by atoms with E-state index in [0.717, 1.165) is 11.2 Å². The van der Waals surface area contributed by atoms with Crippen LogP contribution in [0, 0.1) is 32.1 Å². The summed E-state index contributed by atoms with van der Waals surface area (Å²) in [7, 11) is 0. The molecule has 80 valence electrons. The first-order valence-electron chi connectivity index (χ1n) is 5.36. The zero-order chi connectivity index (χ0) is 11.7. The van der Waals surface area contributed by atoms with Crippen LogP contribution in [-0.4, -0.2) is 4.98 Å². The third-order valence-corrected chi connectivity index (χ3v) is 2.76. The Morgan fingerprint density at radius 1 is 1.12 bits per heavy atom. The highest BCUT2D eigenvalue weighted by atomic mass is 14.7. The van der Waals surface area contributed by atoms with Crippen molar-refractivity contribution in [2.24, 2.45) is 0 Å². The molecule has 0 N–H and O–H groups in total. The number of fused-ring (bicyclic) bond motifs is 1. The Balaban J connectivity index is 2.77. The van der Waals surface area contributed by atoms with Crippen LogP contribution in [0.15, 0.2) is 18.2 Å². The minimum atomic E-state index is 0.379. The summed E-state index contributed by atoms with van der Waals surface area (Å²) in [4.78, 5) is 4.52. The van der Waals surface area contributed by atoms with Gasteiger partial charge in [-0.25, -0.2) is 0 Å². The normalized spacial score (nSPS) is 10.4. The number of rotatable bonds is 1. The van der Waals surface area contributed by atoms with Gasteiger partial charge in [0, 0.05) is 5.39 Å². The van der Waals surface area contributed by atoms with E-state index in [2.05, 4.69) is 44.0 Å². The maximum atomic E-state index is 8.70. The SMILES string of the molecule is Cc1cc(C)c2c(C)cc(CC#N)nc2c1. The monoisotopic (exact) mass is 210 g/mol. The van der Waals surface area contributed by atoms with Crippen LogP contribution in [0.25, 0.3) is 10.9 Å². The van der Waals surface area contributed by atoms with Crippen LogP contribution >= 0.6 is 0 Å². The molecule has 0 saturated heterocycles. The molecule has 0 atom stereocenters. The van der Waals surface area contributed by atoms with Gasteiger partial charge in [-0.2, -0.15) is 5.26 Å². The third kappa shape index (κ3) is 1.77. The van der Waals surface area contributed by atoms with Gasteiger partial charge >= 0.3 is 0 Å². The number of pyridine rings is 1. The molecule has 2 aromatic rings. The predicted octanol–water partition coefficient (Wildman–Crippen LogP) is 3.23. The maximum Gasteiger partial charge on any atom is 0.0775 e. The van der Waals surface area contributed by atoms with Crippen molar-refractivity contribution in [2.75, 3.05) is 0 Å². The fraction of sp³-hybridized carbons (Fsp3) is 0.286. The zero-order valence-electron chi connectivity index (χ0n) is 9.83. The summed E-state index contributed by atoms with van der Waals surface area (Å²) in [6, 6.07) is 8.40. The molecule has 0 aliphatic carbocycles. The van der Waals surface area contributed by atoms with E-state index < -0.39 is 0 Å². The second kappa shape index (κ2) is 3.94. The largest absolute Gasteiger partial charge is 0.252 e. The number of nitriles is 1. The van der Waals surface area contributed by atoms with E-state index in [1.165, 1.54) is 22.1 Å². The summed E-state index contributed by atoms with van der Waals surface area (Å²) < 4.78 is 0. The van der Waals surface area contributed by atoms with Crippen molar-refractivity contribution < 1.29 is 0 Å². The lowest BCUT2D eigenvalue weighted by Gasteiger charge is -2.08. The first-order chi connectivity index (χ1) is 7.61. The molecule has 0 aliphatic rings. The lowest BCUT2D eigenvalue weighted by Crippen LogP contribution is -1.94. The zero-order valence-corrected chi connectivity index (χ0v) is 9.83. The maximum absolute atomic E-state index is 8.70. The van der Waals surface area contributed by atoms with Crippen molar-refractivity contribution in [1.29, 1.82) is 5.26 Å². The van der Waals surface area contributed by atoms with Crippen molar-refractivity contribution in [2.45, 2.75) is 27.2 Å². The average molecular weight is 210 g/mol. The van der Waals surface area contributed by atoms with E-state index in [9.17, 15) is 0 Å². The standard InChI is InChI=1S/C14H14N2/c1-9-6-10(2)14-11(3)8-12(4-5-15)16-13(14)7-9/h6-8H,4H2,1-3H3. The molecule has 2 nitrogen and oxygen atoms in total. The van der Waals surface area contributed by atoms with Gasteiger partial charge in [0.15, 0.2) is 0 Å². The number of benzene rings is 1. The van der Waals surface area contributed by atoms with Crippen molar-refractivity contribution in [1.82, 2.24) is 4.98 Å². The smallest absolute Gasteiger partial charge is 0.0775 e. The minimum Gasteiger partial charge on any atom is -0.252 e. The van der Waals surface area contributed by atoms with Gasteiger partial charge in [0.05, 0.1) is 23.7 Å². The number of aryl methyl sites for hydroxylation is 3. The lowest BCUT2D eigenvalue weighted by molar-refractivity contribution is 1.13. The summed E-state index contributed by atoms with van der Waals surface area (Å²) in [6.45, 7) is 6.25. The van der Waals surface area contributed by atoms with Crippen molar-refractivity contribution in [3.8, 4) is 6.07 Å². The van der Waals surface area contributed by atoms with Crippen LogP contribution < -0.4 is 0 Å². The average Bonchev–Trinajstić information content (AvgIpc) is 2.15. The molecule has 1 aromatic carbocycles. The Labute approximate surface area is 95.6 Å². The highest BCUT2D eigenvalue weighted by Crippen LogP contribution is 2.23. The molecule has 1 heterocycles. The third-order valence-electron chi connectivity index (χ3n) is 2.76. The second-order valence-corrected chi connectivity index (χ2v) is 4.24. The Hall–Kier alpha value is -1.88. The molecule has 1 aromatic heterocycles. The van der Waals surface area contributed by atoms with Gasteiger partial charge in [-0.05, 0) is 49.6 Å². The fourth-order valence-electron chi connectivity index (χ4n) is 2.23. The van der Waals surface area contributed by atoms with Gasteiger partial charge in [-0.3, -0.25) is 4.98 Å². The Bertz CT molecular complexity index is 592. The fourth-order valence-corrected chi connectivity index (χ4v) is 2.23.